The normalized spacial score (nSPS) is 10.6. The largest absolute Gasteiger partial charge is 0.373 e. The molecule has 0 aliphatic heterocycles. The van der Waals surface area contributed by atoms with Gasteiger partial charge in [0.05, 0.1) is 5.69 Å². The maximum atomic E-state index is 4.43. The maximum absolute atomic E-state index is 4.43. The van der Waals surface area contributed by atoms with Gasteiger partial charge in [-0.3, -0.25) is 0 Å². The second kappa shape index (κ2) is 3.73. The molecule has 0 aliphatic carbocycles. The van der Waals surface area contributed by atoms with Crippen LogP contribution >= 0.6 is 0 Å². The highest BCUT2D eigenvalue weighted by Gasteiger charge is 2.10. The van der Waals surface area contributed by atoms with Crippen LogP contribution in [0.4, 0.5) is 5.82 Å². The van der Waals surface area contributed by atoms with E-state index in [4.69, 9.17) is 0 Å². The number of nitrogens with one attached hydrogen (secondary N) is 1. The number of aromatic nitrogens is 2. The molecule has 0 spiro atoms. The first-order chi connectivity index (χ1) is 6.06. The molecule has 0 atom stereocenters. The van der Waals surface area contributed by atoms with E-state index in [2.05, 4.69) is 36.1 Å². The second-order valence-corrected chi connectivity index (χ2v) is 3.53. The molecule has 13 heavy (non-hydrogen) atoms. The van der Waals surface area contributed by atoms with Crippen LogP contribution in [0.2, 0.25) is 0 Å². The molecule has 1 aromatic rings. The molecule has 0 aromatic carbocycles. The SMILES string of the molecule is CNc1nc(C)nc(C(C)C)c1C. The number of rotatable bonds is 2. The van der Waals surface area contributed by atoms with Crippen molar-refractivity contribution in [3.05, 3.63) is 17.1 Å². The van der Waals surface area contributed by atoms with Gasteiger partial charge >= 0.3 is 0 Å². The fraction of sp³-hybridized carbons (Fsp3) is 0.600. The standard InChI is InChI=1S/C10H17N3/c1-6(2)9-7(3)10(11-5)13-8(4)12-9/h6H,1-5H3,(H,11,12,13). The van der Waals surface area contributed by atoms with E-state index in [9.17, 15) is 0 Å². The Labute approximate surface area is 79.6 Å². The molecule has 1 aromatic heterocycles. The first-order valence-electron chi connectivity index (χ1n) is 4.59. The van der Waals surface area contributed by atoms with E-state index >= 15 is 0 Å². The Balaban J connectivity index is 3.27. The fourth-order valence-corrected chi connectivity index (χ4v) is 1.46. The van der Waals surface area contributed by atoms with Gasteiger partial charge in [-0.25, -0.2) is 9.97 Å². The number of anilines is 1. The van der Waals surface area contributed by atoms with Crippen LogP contribution < -0.4 is 5.32 Å². The van der Waals surface area contributed by atoms with Gasteiger partial charge in [0.1, 0.15) is 11.6 Å². The summed E-state index contributed by atoms with van der Waals surface area (Å²) in [4.78, 5) is 8.74. The minimum atomic E-state index is 0.453. The van der Waals surface area contributed by atoms with Crippen molar-refractivity contribution >= 4 is 5.82 Å². The van der Waals surface area contributed by atoms with E-state index < -0.39 is 0 Å². The molecule has 0 fully saturated rings. The first kappa shape index (κ1) is 9.96. The quantitative estimate of drug-likeness (QED) is 0.756. The van der Waals surface area contributed by atoms with Crippen LogP contribution in [-0.4, -0.2) is 17.0 Å². The minimum absolute atomic E-state index is 0.453. The van der Waals surface area contributed by atoms with Gasteiger partial charge in [0.2, 0.25) is 0 Å². The number of hydrogen-bond donors (Lipinski definition) is 1. The third-order valence-electron chi connectivity index (χ3n) is 2.08. The topological polar surface area (TPSA) is 37.8 Å². The molecule has 0 saturated carbocycles. The predicted molar refractivity (Wildman–Crippen MR) is 55.1 cm³/mol. The van der Waals surface area contributed by atoms with Crippen molar-refractivity contribution in [1.29, 1.82) is 0 Å². The zero-order valence-corrected chi connectivity index (χ0v) is 8.97. The molecule has 0 amide bonds. The Bertz CT molecular complexity index is 305. The second-order valence-electron chi connectivity index (χ2n) is 3.53. The number of nitrogens with zero attached hydrogens (tertiary/aromatic N) is 2. The van der Waals surface area contributed by atoms with Crippen LogP contribution in [0.5, 0.6) is 0 Å². The van der Waals surface area contributed by atoms with Crippen molar-refractivity contribution in [2.45, 2.75) is 33.6 Å². The van der Waals surface area contributed by atoms with Gasteiger partial charge in [0, 0.05) is 12.6 Å². The van der Waals surface area contributed by atoms with E-state index in [0.29, 0.717) is 5.92 Å². The highest BCUT2D eigenvalue weighted by molar-refractivity contribution is 5.45. The van der Waals surface area contributed by atoms with Crippen LogP contribution in [0, 0.1) is 13.8 Å². The van der Waals surface area contributed by atoms with E-state index in [-0.39, 0.29) is 0 Å². The minimum Gasteiger partial charge on any atom is -0.373 e. The van der Waals surface area contributed by atoms with Crippen molar-refractivity contribution in [2.75, 3.05) is 12.4 Å². The fourth-order valence-electron chi connectivity index (χ4n) is 1.46. The summed E-state index contributed by atoms with van der Waals surface area (Å²) in [5, 5.41) is 3.08. The first-order valence-corrected chi connectivity index (χ1v) is 4.59. The van der Waals surface area contributed by atoms with E-state index in [1.54, 1.807) is 0 Å². The average Bonchev–Trinajstić information content (AvgIpc) is 2.08. The lowest BCUT2D eigenvalue weighted by Crippen LogP contribution is -2.06. The number of aryl methyl sites for hydroxylation is 1. The monoisotopic (exact) mass is 179 g/mol. The van der Waals surface area contributed by atoms with Crippen LogP contribution in [0.1, 0.15) is 36.8 Å². The summed E-state index contributed by atoms with van der Waals surface area (Å²) >= 11 is 0. The molecule has 0 saturated heterocycles. The molecule has 0 radical (unpaired) electrons. The van der Waals surface area contributed by atoms with Gasteiger partial charge in [-0.05, 0) is 19.8 Å². The summed E-state index contributed by atoms with van der Waals surface area (Å²) in [6, 6.07) is 0. The molecule has 0 bridgehead atoms. The van der Waals surface area contributed by atoms with Crippen molar-refractivity contribution < 1.29 is 0 Å². The zero-order valence-electron chi connectivity index (χ0n) is 8.97. The lowest BCUT2D eigenvalue weighted by molar-refractivity contribution is 0.790. The van der Waals surface area contributed by atoms with Crippen LogP contribution in [0.15, 0.2) is 0 Å². The van der Waals surface area contributed by atoms with Crippen molar-refractivity contribution in [1.82, 2.24) is 9.97 Å². The van der Waals surface area contributed by atoms with Gasteiger partial charge in [0.25, 0.3) is 0 Å². The van der Waals surface area contributed by atoms with Gasteiger partial charge in [-0.1, -0.05) is 13.8 Å². The average molecular weight is 179 g/mol. The lowest BCUT2D eigenvalue weighted by Gasteiger charge is -2.12. The summed E-state index contributed by atoms with van der Waals surface area (Å²) in [5.74, 6) is 2.23. The Morgan fingerprint density at radius 2 is 1.77 bits per heavy atom. The molecule has 1 heterocycles. The van der Waals surface area contributed by atoms with Crippen molar-refractivity contribution in [2.24, 2.45) is 0 Å². The molecule has 3 nitrogen and oxygen atoms in total. The van der Waals surface area contributed by atoms with Crippen molar-refractivity contribution in [3.8, 4) is 0 Å². The van der Waals surface area contributed by atoms with Gasteiger partial charge in [-0.15, -0.1) is 0 Å². The maximum Gasteiger partial charge on any atom is 0.132 e. The Hall–Kier alpha value is -1.12. The molecule has 0 aliphatic rings. The molecule has 1 rings (SSSR count). The summed E-state index contributed by atoms with van der Waals surface area (Å²) in [5.41, 5.74) is 2.29. The molecule has 1 N–H and O–H groups in total. The lowest BCUT2D eigenvalue weighted by atomic mass is 10.1. The van der Waals surface area contributed by atoms with E-state index in [1.807, 2.05) is 14.0 Å². The summed E-state index contributed by atoms with van der Waals surface area (Å²) < 4.78 is 0. The Morgan fingerprint density at radius 1 is 1.15 bits per heavy atom. The smallest absolute Gasteiger partial charge is 0.132 e. The third-order valence-corrected chi connectivity index (χ3v) is 2.08. The number of hydrogen-bond acceptors (Lipinski definition) is 3. The zero-order chi connectivity index (χ0) is 10.0. The molecule has 3 heteroatoms. The van der Waals surface area contributed by atoms with E-state index in [1.165, 1.54) is 0 Å². The van der Waals surface area contributed by atoms with Crippen LogP contribution in [0.25, 0.3) is 0 Å². The van der Waals surface area contributed by atoms with Gasteiger partial charge in [0.15, 0.2) is 0 Å². The summed E-state index contributed by atoms with van der Waals surface area (Å²) in [6.07, 6.45) is 0. The third kappa shape index (κ3) is 1.97. The van der Waals surface area contributed by atoms with E-state index in [0.717, 1.165) is 22.9 Å². The highest BCUT2D eigenvalue weighted by Crippen LogP contribution is 2.21. The molecule has 0 unspecified atom stereocenters. The highest BCUT2D eigenvalue weighted by atomic mass is 15.0. The van der Waals surface area contributed by atoms with Crippen LogP contribution in [0.3, 0.4) is 0 Å². The molecule has 72 valence electrons. The molecular formula is C10H17N3. The Morgan fingerprint density at radius 3 is 2.23 bits per heavy atom. The summed E-state index contributed by atoms with van der Waals surface area (Å²) in [7, 11) is 1.89. The Kier molecular flexibility index (Phi) is 2.86. The van der Waals surface area contributed by atoms with Gasteiger partial charge < -0.3 is 5.32 Å². The van der Waals surface area contributed by atoms with Crippen LogP contribution in [-0.2, 0) is 0 Å². The predicted octanol–water partition coefficient (Wildman–Crippen LogP) is 2.26. The van der Waals surface area contributed by atoms with Gasteiger partial charge in [-0.2, -0.15) is 0 Å². The summed E-state index contributed by atoms with van der Waals surface area (Å²) in [6.45, 7) is 8.27. The van der Waals surface area contributed by atoms with Crippen molar-refractivity contribution in [3.63, 3.8) is 0 Å². The molecular weight excluding hydrogens is 162 g/mol.